The predicted octanol–water partition coefficient (Wildman–Crippen LogP) is -0.379. The summed E-state index contributed by atoms with van der Waals surface area (Å²) in [6.07, 6.45) is -2.34. The minimum absolute atomic E-state index is 0.0224. The fourth-order valence-corrected chi connectivity index (χ4v) is 3.89. The number of carbonyl (C=O) groups excluding carboxylic acids is 1. The number of carbonyl (C=O) groups is 1. The van der Waals surface area contributed by atoms with Crippen molar-refractivity contribution in [2.75, 3.05) is 12.3 Å². The highest BCUT2D eigenvalue weighted by Crippen LogP contribution is 2.39. The van der Waals surface area contributed by atoms with Crippen LogP contribution < -0.4 is 11.3 Å². The number of hydrogen-bond acceptors (Lipinski definition) is 9. The molecule has 1 aromatic carbocycles. The molecule has 4 rings (SSSR count). The van der Waals surface area contributed by atoms with Crippen molar-refractivity contribution in [1.82, 2.24) is 19.1 Å². The van der Waals surface area contributed by atoms with Crippen LogP contribution in [-0.4, -0.2) is 64.6 Å². The average molecular weight is 429 g/mol. The van der Waals surface area contributed by atoms with Gasteiger partial charge in [-0.2, -0.15) is 4.98 Å². The molecule has 5 unspecified atom stereocenters. The van der Waals surface area contributed by atoms with Crippen molar-refractivity contribution in [3.05, 3.63) is 52.6 Å². The van der Waals surface area contributed by atoms with Crippen molar-refractivity contribution in [3.8, 4) is 0 Å². The number of nitrogen functional groups attached to an aromatic ring is 1. The first-order valence-electron chi connectivity index (χ1n) is 9.69. The average Bonchev–Trinajstić information content (AvgIpc) is 3.26. The Bertz CT molecular complexity index is 1190. The maximum atomic E-state index is 13.1. The van der Waals surface area contributed by atoms with E-state index < -0.39 is 42.2 Å². The van der Waals surface area contributed by atoms with Gasteiger partial charge < -0.3 is 25.8 Å². The molecule has 0 amide bonds. The zero-order valence-electron chi connectivity index (χ0n) is 16.9. The lowest BCUT2D eigenvalue weighted by Gasteiger charge is -2.27. The predicted molar refractivity (Wildman–Crippen MR) is 109 cm³/mol. The van der Waals surface area contributed by atoms with E-state index in [2.05, 4.69) is 9.97 Å². The molecule has 1 aliphatic rings. The summed E-state index contributed by atoms with van der Waals surface area (Å²) in [4.78, 5) is 34.3. The Labute approximate surface area is 176 Å². The molecule has 0 spiro atoms. The van der Waals surface area contributed by atoms with Crippen LogP contribution in [0.4, 0.5) is 5.95 Å². The van der Waals surface area contributed by atoms with Crippen LogP contribution in [0.1, 0.15) is 36.5 Å². The van der Waals surface area contributed by atoms with Gasteiger partial charge >= 0.3 is 0 Å². The van der Waals surface area contributed by atoms with Crippen LogP contribution in [-0.2, 0) is 4.74 Å². The number of aromatic nitrogens is 4. The monoisotopic (exact) mass is 429 g/mol. The molecule has 11 nitrogen and oxygen atoms in total. The molecule has 2 aromatic heterocycles. The molecule has 0 radical (unpaired) electrons. The number of anilines is 1. The SMILES string of the molecule is CC(C(=O)c1ccccc1)n1c(N)nc2c(ncn2C2OC(CO)C(O)C2(C)O)c1=O. The van der Waals surface area contributed by atoms with Crippen LogP contribution in [0.3, 0.4) is 0 Å². The zero-order chi connectivity index (χ0) is 22.5. The summed E-state index contributed by atoms with van der Waals surface area (Å²) < 4.78 is 7.91. The van der Waals surface area contributed by atoms with E-state index in [9.17, 15) is 24.9 Å². The largest absolute Gasteiger partial charge is 0.394 e. The Morgan fingerprint density at radius 1 is 1.35 bits per heavy atom. The van der Waals surface area contributed by atoms with Gasteiger partial charge in [0.25, 0.3) is 5.56 Å². The number of rotatable bonds is 5. The van der Waals surface area contributed by atoms with E-state index >= 15 is 0 Å². The number of hydrogen-bond donors (Lipinski definition) is 4. The van der Waals surface area contributed by atoms with Crippen LogP contribution >= 0.6 is 0 Å². The highest BCUT2D eigenvalue weighted by molar-refractivity contribution is 5.99. The number of Topliss-reactive ketones (excluding diaryl/α,β-unsaturated/α-hetero) is 1. The fourth-order valence-electron chi connectivity index (χ4n) is 3.89. The maximum Gasteiger partial charge on any atom is 0.283 e. The molecule has 1 aliphatic heterocycles. The van der Waals surface area contributed by atoms with Gasteiger partial charge in [-0.3, -0.25) is 18.7 Å². The molecule has 11 heteroatoms. The number of aliphatic hydroxyl groups is 3. The van der Waals surface area contributed by atoms with Crippen LogP contribution in [0.25, 0.3) is 11.2 Å². The summed E-state index contributed by atoms with van der Waals surface area (Å²) in [5.74, 6) is -0.529. The first kappa shape index (κ1) is 21.1. The van der Waals surface area contributed by atoms with Gasteiger partial charge in [-0.25, -0.2) is 4.98 Å². The van der Waals surface area contributed by atoms with Gasteiger partial charge in [0.2, 0.25) is 5.95 Å². The van der Waals surface area contributed by atoms with Gasteiger partial charge in [0.15, 0.2) is 23.2 Å². The van der Waals surface area contributed by atoms with Crippen molar-refractivity contribution in [2.24, 2.45) is 0 Å². The van der Waals surface area contributed by atoms with Crippen LogP contribution in [0, 0.1) is 0 Å². The molecule has 0 saturated carbocycles. The third-order valence-electron chi connectivity index (χ3n) is 5.67. The minimum atomic E-state index is -1.79. The van der Waals surface area contributed by atoms with Gasteiger partial charge in [-0.1, -0.05) is 30.3 Å². The second kappa shape index (κ2) is 7.54. The van der Waals surface area contributed by atoms with Gasteiger partial charge in [-0.15, -0.1) is 0 Å². The summed E-state index contributed by atoms with van der Waals surface area (Å²) in [6, 6.07) is 7.57. The summed E-state index contributed by atoms with van der Waals surface area (Å²) in [5, 5.41) is 30.3. The van der Waals surface area contributed by atoms with E-state index in [1.54, 1.807) is 37.3 Å². The van der Waals surface area contributed by atoms with Crippen molar-refractivity contribution >= 4 is 22.9 Å². The smallest absolute Gasteiger partial charge is 0.283 e. The normalized spacial score (nSPS) is 26.9. The first-order chi connectivity index (χ1) is 14.7. The quantitative estimate of drug-likeness (QED) is 0.395. The summed E-state index contributed by atoms with van der Waals surface area (Å²) in [7, 11) is 0. The Morgan fingerprint density at radius 3 is 2.65 bits per heavy atom. The lowest BCUT2D eigenvalue weighted by Crippen LogP contribution is -2.44. The van der Waals surface area contributed by atoms with Gasteiger partial charge in [0, 0.05) is 5.56 Å². The Hall–Kier alpha value is -3.12. The Kier molecular flexibility index (Phi) is 5.13. The number of aliphatic hydroxyl groups excluding tert-OH is 2. The van der Waals surface area contributed by atoms with Crippen molar-refractivity contribution < 1.29 is 24.9 Å². The third kappa shape index (κ3) is 3.22. The topological polar surface area (TPSA) is 166 Å². The lowest BCUT2D eigenvalue weighted by atomic mass is 9.96. The number of benzene rings is 1. The van der Waals surface area contributed by atoms with Gasteiger partial charge in [-0.05, 0) is 13.8 Å². The molecule has 164 valence electrons. The lowest BCUT2D eigenvalue weighted by molar-refractivity contribution is -0.0950. The molecule has 31 heavy (non-hydrogen) atoms. The van der Waals surface area contributed by atoms with E-state index in [-0.39, 0.29) is 22.9 Å². The standard InChI is InChI=1S/C20H23N5O6/c1-10(14(27)11-6-4-3-5-7-11)25-17(29)13-16(23-19(25)21)24(9-22-13)18-20(2,30)15(28)12(8-26)31-18/h3-7,9-10,12,15,18,26,28,30H,8H2,1-2H3,(H2,21,23). The van der Waals surface area contributed by atoms with Crippen LogP contribution in [0.5, 0.6) is 0 Å². The molecule has 5 atom stereocenters. The van der Waals surface area contributed by atoms with Crippen molar-refractivity contribution in [1.29, 1.82) is 0 Å². The van der Waals surface area contributed by atoms with Crippen LogP contribution in [0.15, 0.2) is 41.5 Å². The molecular formula is C20H23N5O6. The number of fused-ring (bicyclic) bond motifs is 1. The van der Waals surface area contributed by atoms with Crippen molar-refractivity contribution in [2.45, 2.75) is 43.9 Å². The van der Waals surface area contributed by atoms with Gasteiger partial charge in [0.05, 0.1) is 12.9 Å². The van der Waals surface area contributed by atoms with E-state index in [0.717, 1.165) is 4.57 Å². The van der Waals surface area contributed by atoms with Gasteiger partial charge in [0.1, 0.15) is 23.9 Å². The highest BCUT2D eigenvalue weighted by Gasteiger charge is 2.53. The third-order valence-corrected chi connectivity index (χ3v) is 5.67. The molecule has 3 aromatic rings. The molecule has 3 heterocycles. The molecular weight excluding hydrogens is 406 g/mol. The maximum absolute atomic E-state index is 13.1. The van der Waals surface area contributed by atoms with E-state index in [1.807, 2.05) is 0 Å². The summed E-state index contributed by atoms with van der Waals surface area (Å²) >= 11 is 0. The van der Waals surface area contributed by atoms with Crippen LogP contribution in [0.2, 0.25) is 0 Å². The van der Waals surface area contributed by atoms with Crippen molar-refractivity contribution in [3.63, 3.8) is 0 Å². The number of ether oxygens (including phenoxy) is 1. The number of nitrogens with two attached hydrogens (primary N) is 1. The molecule has 0 aliphatic carbocycles. The van der Waals surface area contributed by atoms with E-state index in [1.165, 1.54) is 17.8 Å². The molecule has 1 saturated heterocycles. The fraction of sp³-hybridized carbons (Fsp3) is 0.400. The molecule has 1 fully saturated rings. The molecule has 0 bridgehead atoms. The first-order valence-corrected chi connectivity index (χ1v) is 9.69. The van der Waals surface area contributed by atoms with E-state index in [0.29, 0.717) is 5.56 Å². The number of imidazole rings is 1. The number of ketones is 1. The summed E-state index contributed by atoms with van der Waals surface area (Å²) in [6.45, 7) is 2.38. The zero-order valence-corrected chi connectivity index (χ0v) is 16.9. The molecule has 5 N–H and O–H groups in total. The second-order valence-corrected chi connectivity index (χ2v) is 7.76. The minimum Gasteiger partial charge on any atom is -0.394 e. The Balaban J connectivity index is 1.78. The Morgan fingerprint density at radius 2 is 2.03 bits per heavy atom. The summed E-state index contributed by atoms with van der Waals surface area (Å²) in [5.41, 5.74) is 3.99. The number of nitrogens with zero attached hydrogens (tertiary/aromatic N) is 4. The highest BCUT2D eigenvalue weighted by atomic mass is 16.6. The second-order valence-electron chi connectivity index (χ2n) is 7.76. The van der Waals surface area contributed by atoms with E-state index in [4.69, 9.17) is 10.5 Å².